The molecule has 0 aromatic heterocycles. The Morgan fingerprint density at radius 3 is 1.95 bits per heavy atom. The molecule has 6 nitrogen and oxygen atoms in total. The molecule has 0 bridgehead atoms. The molecule has 12 heteroatoms. The molecule has 1 aliphatic carbocycles. The molecule has 0 saturated heterocycles. The van der Waals surface area contributed by atoms with Crippen LogP contribution in [0.4, 0.5) is 31.1 Å². The Bertz CT molecular complexity index is 1220. The number of esters is 1. The van der Waals surface area contributed by atoms with Gasteiger partial charge in [0.25, 0.3) is 0 Å². The first-order chi connectivity index (χ1) is 19.3. The fraction of sp³-hybridized carbons (Fsp3) is 0.533. The second-order valence-corrected chi connectivity index (χ2v) is 11.8. The minimum absolute atomic E-state index is 0.00111. The van der Waals surface area contributed by atoms with Crippen molar-refractivity contribution in [2.75, 3.05) is 13.7 Å². The van der Waals surface area contributed by atoms with Crippen LogP contribution in [-0.4, -0.2) is 36.9 Å². The van der Waals surface area contributed by atoms with Crippen LogP contribution in [0.5, 0.6) is 0 Å². The Labute approximate surface area is 240 Å². The summed E-state index contributed by atoms with van der Waals surface area (Å²) in [7, 11) is 1.25. The fourth-order valence-electron chi connectivity index (χ4n) is 5.31. The summed E-state index contributed by atoms with van der Waals surface area (Å²) in [5.74, 6) is -0.479. The summed E-state index contributed by atoms with van der Waals surface area (Å²) in [4.78, 5) is 24.7. The van der Waals surface area contributed by atoms with Gasteiger partial charge >= 0.3 is 24.4 Å². The highest BCUT2D eigenvalue weighted by Gasteiger charge is 2.56. The molecule has 2 aromatic rings. The first-order valence-corrected chi connectivity index (χ1v) is 13.3. The molecule has 42 heavy (non-hydrogen) atoms. The first kappa shape index (κ1) is 33.2. The Morgan fingerprint density at radius 1 is 0.929 bits per heavy atom. The number of amides is 1. The van der Waals surface area contributed by atoms with Gasteiger partial charge in [0.15, 0.2) is 0 Å². The van der Waals surface area contributed by atoms with Crippen LogP contribution in [0.2, 0.25) is 0 Å². The lowest BCUT2D eigenvalue weighted by Gasteiger charge is -2.57. The number of hydrogen-bond donors (Lipinski definition) is 1. The molecule has 232 valence electrons. The molecule has 1 N–H and O–H groups in total. The van der Waals surface area contributed by atoms with Gasteiger partial charge < -0.3 is 19.5 Å². The highest BCUT2D eigenvalue weighted by atomic mass is 19.4. The predicted octanol–water partition coefficient (Wildman–Crippen LogP) is 7.75. The number of ether oxygens (including phenoxy) is 3. The van der Waals surface area contributed by atoms with Crippen molar-refractivity contribution < 1.29 is 50.1 Å². The third kappa shape index (κ3) is 8.39. The van der Waals surface area contributed by atoms with E-state index in [4.69, 9.17) is 14.2 Å². The van der Waals surface area contributed by atoms with Crippen molar-refractivity contribution in [1.29, 1.82) is 0 Å². The maximum Gasteiger partial charge on any atom is 0.416 e. The summed E-state index contributed by atoms with van der Waals surface area (Å²) in [5, 5.41) is 2.88. The predicted molar refractivity (Wildman–Crippen MR) is 142 cm³/mol. The SMILES string of the molecule is COC(=O)CCC1(NC(=O)OC(C)(C)C)CC(CO[C@H](C)c2cc(C(F)(F)F)cc(C(F)(F)F)c2)(c2ccccc2)C1. The summed E-state index contributed by atoms with van der Waals surface area (Å²) in [6.45, 7) is 6.42. The minimum Gasteiger partial charge on any atom is -0.469 e. The second kappa shape index (κ2) is 12.1. The van der Waals surface area contributed by atoms with Gasteiger partial charge in [0.2, 0.25) is 0 Å². The van der Waals surface area contributed by atoms with E-state index in [9.17, 15) is 35.9 Å². The minimum atomic E-state index is -4.98. The molecule has 0 unspecified atom stereocenters. The maximum absolute atomic E-state index is 13.4. The zero-order valence-corrected chi connectivity index (χ0v) is 24.0. The highest BCUT2D eigenvalue weighted by molar-refractivity contribution is 5.71. The molecule has 0 aliphatic heterocycles. The van der Waals surface area contributed by atoms with Gasteiger partial charge in [-0.15, -0.1) is 0 Å². The number of hydrogen-bond acceptors (Lipinski definition) is 5. The Morgan fingerprint density at radius 2 is 1.48 bits per heavy atom. The number of benzene rings is 2. The number of methoxy groups -OCH3 is 1. The van der Waals surface area contributed by atoms with Crippen LogP contribution < -0.4 is 5.32 Å². The van der Waals surface area contributed by atoms with Crippen LogP contribution in [-0.2, 0) is 36.8 Å². The van der Waals surface area contributed by atoms with Gasteiger partial charge in [-0.1, -0.05) is 30.3 Å². The lowest BCUT2D eigenvalue weighted by Crippen LogP contribution is -2.65. The van der Waals surface area contributed by atoms with Crippen molar-refractivity contribution in [3.8, 4) is 0 Å². The van der Waals surface area contributed by atoms with Gasteiger partial charge in [0.05, 0.1) is 30.9 Å². The van der Waals surface area contributed by atoms with Crippen molar-refractivity contribution in [3.63, 3.8) is 0 Å². The number of nitrogens with one attached hydrogen (secondary N) is 1. The zero-order chi connectivity index (χ0) is 31.6. The fourth-order valence-corrected chi connectivity index (χ4v) is 5.31. The topological polar surface area (TPSA) is 73.9 Å². The van der Waals surface area contributed by atoms with Gasteiger partial charge in [-0.25, -0.2) is 4.79 Å². The average Bonchev–Trinajstić information content (AvgIpc) is 2.86. The lowest BCUT2D eigenvalue weighted by atomic mass is 9.53. The van der Waals surface area contributed by atoms with Crippen LogP contribution >= 0.6 is 0 Å². The molecule has 0 spiro atoms. The van der Waals surface area contributed by atoms with Gasteiger partial charge in [0, 0.05) is 17.4 Å². The number of alkyl halides is 6. The van der Waals surface area contributed by atoms with Crippen LogP contribution in [0.1, 0.15) is 81.7 Å². The van der Waals surface area contributed by atoms with Crippen LogP contribution in [0.3, 0.4) is 0 Å². The largest absolute Gasteiger partial charge is 0.469 e. The summed E-state index contributed by atoms with van der Waals surface area (Å²) in [6.07, 6.45) is -11.0. The zero-order valence-electron chi connectivity index (χ0n) is 24.0. The first-order valence-electron chi connectivity index (χ1n) is 13.3. The van der Waals surface area contributed by atoms with Gasteiger partial charge in [0.1, 0.15) is 5.60 Å². The van der Waals surface area contributed by atoms with E-state index in [-0.39, 0.29) is 43.9 Å². The molecule has 0 radical (unpaired) electrons. The Hall–Kier alpha value is -3.28. The van der Waals surface area contributed by atoms with E-state index in [0.29, 0.717) is 12.1 Å². The normalized spacial score (nSPS) is 21.7. The number of alkyl carbamates (subject to hydrolysis) is 1. The van der Waals surface area contributed by atoms with E-state index in [0.717, 1.165) is 5.56 Å². The smallest absolute Gasteiger partial charge is 0.416 e. The molecule has 1 fully saturated rings. The Kier molecular flexibility index (Phi) is 9.61. The molecule has 3 rings (SSSR count). The van der Waals surface area contributed by atoms with Crippen LogP contribution in [0, 0.1) is 0 Å². The molecule has 1 saturated carbocycles. The molecule has 2 aromatic carbocycles. The van der Waals surface area contributed by atoms with E-state index in [1.54, 1.807) is 39.0 Å². The number of carbonyl (C=O) groups excluding carboxylic acids is 2. The molecular weight excluding hydrogens is 568 g/mol. The number of carbonyl (C=O) groups is 2. The quantitative estimate of drug-likeness (QED) is 0.234. The lowest BCUT2D eigenvalue weighted by molar-refractivity contribution is -0.143. The van der Waals surface area contributed by atoms with Crippen molar-refractivity contribution >= 4 is 12.1 Å². The molecule has 1 atom stereocenters. The van der Waals surface area contributed by atoms with Crippen LogP contribution in [0.25, 0.3) is 0 Å². The van der Waals surface area contributed by atoms with Crippen molar-refractivity contribution in [2.24, 2.45) is 0 Å². The second-order valence-electron chi connectivity index (χ2n) is 11.8. The van der Waals surface area contributed by atoms with Crippen molar-refractivity contribution in [2.45, 2.75) is 88.4 Å². The summed E-state index contributed by atoms with van der Waals surface area (Å²) < 4.78 is 96.7. The van der Waals surface area contributed by atoms with Gasteiger partial charge in [-0.2, -0.15) is 26.3 Å². The van der Waals surface area contributed by atoms with E-state index >= 15 is 0 Å². The third-order valence-electron chi connectivity index (χ3n) is 7.23. The summed E-state index contributed by atoms with van der Waals surface area (Å²) >= 11 is 0. The third-order valence-corrected chi connectivity index (χ3v) is 7.23. The van der Waals surface area contributed by atoms with Crippen molar-refractivity contribution in [1.82, 2.24) is 5.32 Å². The number of halogens is 6. The van der Waals surface area contributed by atoms with Crippen LogP contribution in [0.15, 0.2) is 48.5 Å². The van der Waals surface area contributed by atoms with Crippen molar-refractivity contribution in [3.05, 3.63) is 70.8 Å². The Balaban J connectivity index is 1.90. The highest BCUT2D eigenvalue weighted by Crippen LogP contribution is 2.53. The maximum atomic E-state index is 13.4. The average molecular weight is 604 g/mol. The molecule has 0 heterocycles. The standard InChI is InChI=1S/C30H35F6NO5/c1-19(20-13-22(29(31,32)33)15-23(14-20)30(34,35)36)41-18-27(21-9-7-6-8-10-21)16-28(17-27,12-11-24(38)40-5)37-25(39)42-26(2,3)4/h6-10,13-15,19H,11-12,16-18H2,1-5H3,(H,37,39)/t19-,27?,28?/m1/s1. The molecule has 1 amide bonds. The van der Waals surface area contributed by atoms with E-state index in [2.05, 4.69) is 5.32 Å². The number of rotatable bonds is 9. The van der Waals surface area contributed by atoms with Gasteiger partial charge in [-0.3, -0.25) is 4.79 Å². The summed E-state index contributed by atoms with van der Waals surface area (Å²) in [5.41, 5.74) is -4.78. The van der Waals surface area contributed by atoms with E-state index in [1.165, 1.54) is 14.0 Å². The molecular formula is C30H35F6NO5. The summed E-state index contributed by atoms with van der Waals surface area (Å²) in [6, 6.07) is 10.4. The van der Waals surface area contributed by atoms with E-state index in [1.807, 2.05) is 12.1 Å². The van der Waals surface area contributed by atoms with E-state index < -0.39 is 58.2 Å². The monoisotopic (exact) mass is 603 g/mol. The molecule has 1 aliphatic rings. The van der Waals surface area contributed by atoms with Gasteiger partial charge in [-0.05, 0) is 76.3 Å².